The largest absolute Gasteiger partial charge is 0.445 e. The van der Waals surface area contributed by atoms with Gasteiger partial charge in [-0.25, -0.2) is 4.98 Å². The first-order valence-corrected chi connectivity index (χ1v) is 8.28. The lowest BCUT2D eigenvalue weighted by Crippen LogP contribution is -2.30. The highest BCUT2D eigenvalue weighted by atomic mass is 16.5. The lowest BCUT2D eigenvalue weighted by atomic mass is 9.96. The fourth-order valence-corrected chi connectivity index (χ4v) is 3.01. The molecule has 0 saturated carbocycles. The highest BCUT2D eigenvalue weighted by Crippen LogP contribution is 2.30. The van der Waals surface area contributed by atoms with Crippen molar-refractivity contribution in [2.75, 3.05) is 19.8 Å². The maximum atomic E-state index is 12.5. The summed E-state index contributed by atoms with van der Waals surface area (Å²) in [5, 5.41) is 12.2. The van der Waals surface area contributed by atoms with Crippen LogP contribution in [-0.2, 0) is 4.74 Å². The molecule has 1 aliphatic rings. The van der Waals surface area contributed by atoms with Crippen molar-refractivity contribution >= 4 is 5.91 Å². The standard InChI is InChI=1S/C18H22N2O4/c21-9-8-14(13-5-2-1-3-6-13)11-19-18(22)16-17(24-12-20-16)15-7-4-10-23-15/h1-3,5-6,12,14-15,21H,4,7-11H2,(H,19,22). The minimum atomic E-state index is -0.270. The zero-order valence-corrected chi connectivity index (χ0v) is 13.5. The molecule has 1 aromatic heterocycles. The molecule has 6 heteroatoms. The molecule has 2 N–H and O–H groups in total. The molecule has 24 heavy (non-hydrogen) atoms. The number of ether oxygens (including phenoxy) is 1. The third-order valence-electron chi connectivity index (χ3n) is 4.29. The van der Waals surface area contributed by atoms with Gasteiger partial charge in [-0.3, -0.25) is 4.79 Å². The number of aromatic nitrogens is 1. The molecule has 0 bridgehead atoms. The zero-order valence-electron chi connectivity index (χ0n) is 13.5. The number of nitrogens with one attached hydrogen (secondary N) is 1. The van der Waals surface area contributed by atoms with E-state index < -0.39 is 0 Å². The van der Waals surface area contributed by atoms with Crippen LogP contribution in [0.5, 0.6) is 0 Å². The average Bonchev–Trinajstić information content (AvgIpc) is 3.29. The molecule has 2 aromatic rings. The van der Waals surface area contributed by atoms with Gasteiger partial charge in [-0.1, -0.05) is 30.3 Å². The van der Waals surface area contributed by atoms with Crippen LogP contribution in [0.3, 0.4) is 0 Å². The summed E-state index contributed by atoms with van der Waals surface area (Å²) >= 11 is 0. The van der Waals surface area contributed by atoms with Gasteiger partial charge < -0.3 is 19.6 Å². The van der Waals surface area contributed by atoms with Crippen molar-refractivity contribution in [3.8, 4) is 0 Å². The van der Waals surface area contributed by atoms with E-state index in [0.29, 0.717) is 25.3 Å². The molecule has 1 aromatic carbocycles. The Balaban J connectivity index is 1.65. The number of nitrogens with zero attached hydrogens (tertiary/aromatic N) is 1. The van der Waals surface area contributed by atoms with E-state index in [1.54, 1.807) is 0 Å². The van der Waals surface area contributed by atoms with Crippen molar-refractivity contribution in [3.05, 3.63) is 53.7 Å². The van der Waals surface area contributed by atoms with E-state index in [2.05, 4.69) is 10.3 Å². The molecule has 6 nitrogen and oxygen atoms in total. The molecule has 1 amide bonds. The van der Waals surface area contributed by atoms with E-state index in [9.17, 15) is 9.90 Å². The minimum Gasteiger partial charge on any atom is -0.445 e. The Bertz CT molecular complexity index is 650. The summed E-state index contributed by atoms with van der Waals surface area (Å²) in [4.78, 5) is 16.5. The first-order chi connectivity index (χ1) is 11.8. The Labute approximate surface area is 140 Å². The van der Waals surface area contributed by atoms with Crippen LogP contribution in [0.2, 0.25) is 0 Å². The number of amides is 1. The second-order valence-corrected chi connectivity index (χ2v) is 5.90. The van der Waals surface area contributed by atoms with Crippen molar-refractivity contribution in [2.45, 2.75) is 31.3 Å². The van der Waals surface area contributed by atoms with Crippen molar-refractivity contribution in [1.29, 1.82) is 0 Å². The highest BCUT2D eigenvalue weighted by Gasteiger charge is 2.28. The Morgan fingerprint density at radius 1 is 1.38 bits per heavy atom. The van der Waals surface area contributed by atoms with Crippen LogP contribution in [-0.4, -0.2) is 35.8 Å². The number of aliphatic hydroxyl groups is 1. The van der Waals surface area contributed by atoms with Gasteiger partial charge in [0, 0.05) is 25.7 Å². The molecular formula is C18H22N2O4. The second kappa shape index (κ2) is 8.08. The monoisotopic (exact) mass is 330 g/mol. The van der Waals surface area contributed by atoms with Gasteiger partial charge in [0.05, 0.1) is 0 Å². The summed E-state index contributed by atoms with van der Waals surface area (Å²) < 4.78 is 10.9. The Morgan fingerprint density at radius 3 is 2.92 bits per heavy atom. The van der Waals surface area contributed by atoms with Crippen LogP contribution in [0, 0.1) is 0 Å². The summed E-state index contributed by atoms with van der Waals surface area (Å²) in [6.45, 7) is 1.18. The quantitative estimate of drug-likeness (QED) is 0.814. The summed E-state index contributed by atoms with van der Waals surface area (Å²) in [5.74, 6) is 0.287. The maximum absolute atomic E-state index is 12.5. The topological polar surface area (TPSA) is 84.6 Å². The number of carbonyl (C=O) groups is 1. The Hall–Kier alpha value is -2.18. The smallest absolute Gasteiger partial charge is 0.273 e. The third kappa shape index (κ3) is 3.83. The van der Waals surface area contributed by atoms with Crippen molar-refractivity contribution in [2.24, 2.45) is 0 Å². The summed E-state index contributed by atoms with van der Waals surface area (Å²) in [6, 6.07) is 9.85. The van der Waals surface area contributed by atoms with Gasteiger partial charge in [0.25, 0.3) is 5.91 Å². The van der Waals surface area contributed by atoms with Crippen LogP contribution >= 0.6 is 0 Å². The van der Waals surface area contributed by atoms with Crippen LogP contribution in [0.1, 0.15) is 53.1 Å². The van der Waals surface area contributed by atoms with Gasteiger partial charge in [-0.15, -0.1) is 0 Å². The van der Waals surface area contributed by atoms with Crippen molar-refractivity contribution < 1.29 is 19.1 Å². The second-order valence-electron chi connectivity index (χ2n) is 5.90. The van der Waals surface area contributed by atoms with Gasteiger partial charge >= 0.3 is 0 Å². The fraction of sp³-hybridized carbons (Fsp3) is 0.444. The Morgan fingerprint density at radius 2 is 2.21 bits per heavy atom. The zero-order chi connectivity index (χ0) is 16.8. The van der Waals surface area contributed by atoms with Crippen LogP contribution in [0.4, 0.5) is 0 Å². The van der Waals surface area contributed by atoms with E-state index in [1.807, 2.05) is 30.3 Å². The molecule has 1 saturated heterocycles. The van der Waals surface area contributed by atoms with E-state index in [0.717, 1.165) is 18.4 Å². The first kappa shape index (κ1) is 16.7. The van der Waals surface area contributed by atoms with Gasteiger partial charge in [-0.2, -0.15) is 0 Å². The van der Waals surface area contributed by atoms with Crippen molar-refractivity contribution in [1.82, 2.24) is 10.3 Å². The van der Waals surface area contributed by atoms with Gasteiger partial charge in [0.1, 0.15) is 6.10 Å². The van der Waals surface area contributed by atoms with E-state index in [-0.39, 0.29) is 30.2 Å². The van der Waals surface area contributed by atoms with E-state index in [4.69, 9.17) is 9.15 Å². The van der Waals surface area contributed by atoms with Gasteiger partial charge in [0.2, 0.25) is 0 Å². The third-order valence-corrected chi connectivity index (χ3v) is 4.29. The maximum Gasteiger partial charge on any atom is 0.273 e. The van der Waals surface area contributed by atoms with E-state index >= 15 is 0 Å². The van der Waals surface area contributed by atoms with Crippen molar-refractivity contribution in [3.63, 3.8) is 0 Å². The number of hydrogen-bond donors (Lipinski definition) is 2. The molecule has 0 radical (unpaired) electrons. The fourth-order valence-electron chi connectivity index (χ4n) is 3.01. The van der Waals surface area contributed by atoms with Crippen LogP contribution in [0.15, 0.2) is 41.1 Å². The average molecular weight is 330 g/mol. The molecule has 1 fully saturated rings. The predicted octanol–water partition coefficient (Wildman–Crippen LogP) is 2.42. The predicted molar refractivity (Wildman–Crippen MR) is 87.6 cm³/mol. The summed E-state index contributed by atoms with van der Waals surface area (Å²) in [6.07, 6.45) is 3.48. The minimum absolute atomic E-state index is 0.0539. The number of aliphatic hydroxyl groups excluding tert-OH is 1. The van der Waals surface area contributed by atoms with E-state index in [1.165, 1.54) is 6.39 Å². The first-order valence-electron chi connectivity index (χ1n) is 8.28. The molecule has 0 aliphatic carbocycles. The normalized spacial score (nSPS) is 18.5. The van der Waals surface area contributed by atoms with Gasteiger partial charge in [0.15, 0.2) is 17.8 Å². The molecule has 3 rings (SSSR count). The SMILES string of the molecule is O=C(NCC(CCO)c1ccccc1)c1ncoc1C1CCCO1. The van der Waals surface area contributed by atoms with Crippen LogP contribution in [0.25, 0.3) is 0 Å². The summed E-state index contributed by atoms with van der Waals surface area (Å²) in [5.41, 5.74) is 1.38. The molecule has 2 heterocycles. The number of carbonyl (C=O) groups excluding carboxylic acids is 1. The lowest BCUT2D eigenvalue weighted by Gasteiger charge is -2.17. The number of oxazole rings is 1. The number of benzene rings is 1. The molecule has 2 unspecified atom stereocenters. The molecule has 128 valence electrons. The number of rotatable bonds is 7. The van der Waals surface area contributed by atoms with Gasteiger partial charge in [-0.05, 0) is 24.8 Å². The lowest BCUT2D eigenvalue weighted by molar-refractivity contribution is 0.0859. The molecular weight excluding hydrogens is 308 g/mol. The van der Waals surface area contributed by atoms with Crippen LogP contribution < -0.4 is 5.32 Å². The summed E-state index contributed by atoms with van der Waals surface area (Å²) in [7, 11) is 0. The molecule has 0 spiro atoms. The Kier molecular flexibility index (Phi) is 5.61. The molecule has 1 aliphatic heterocycles. The molecule has 2 atom stereocenters. The highest BCUT2D eigenvalue weighted by molar-refractivity contribution is 5.93. The number of hydrogen-bond acceptors (Lipinski definition) is 5.